The molecule has 0 aliphatic carbocycles. The lowest BCUT2D eigenvalue weighted by molar-refractivity contribution is 0.0637. The van der Waals surface area contributed by atoms with Crippen molar-refractivity contribution in [1.29, 1.82) is 0 Å². The molecular weight excluding hydrogens is 295 g/mol. The van der Waals surface area contributed by atoms with E-state index < -0.39 is 13.9 Å². The van der Waals surface area contributed by atoms with Gasteiger partial charge in [0.1, 0.15) is 11.9 Å². The molecule has 0 aromatic heterocycles. The monoisotopic (exact) mass is 316 g/mol. The molecule has 1 aromatic carbocycles. The van der Waals surface area contributed by atoms with Gasteiger partial charge in [0, 0.05) is 5.56 Å². The molecule has 6 nitrogen and oxygen atoms in total. The van der Waals surface area contributed by atoms with E-state index in [1.165, 1.54) is 6.92 Å². The number of ketones is 1. The Morgan fingerprint density at radius 1 is 1.14 bits per heavy atom. The van der Waals surface area contributed by atoms with Gasteiger partial charge < -0.3 is 4.74 Å². The van der Waals surface area contributed by atoms with Crippen molar-refractivity contribution in [3.05, 3.63) is 29.8 Å². The molecule has 21 heavy (non-hydrogen) atoms. The summed E-state index contributed by atoms with van der Waals surface area (Å²) in [7, 11) is -2.17. The van der Waals surface area contributed by atoms with E-state index in [4.69, 9.17) is 18.3 Å². The van der Waals surface area contributed by atoms with E-state index in [-0.39, 0.29) is 19.0 Å². The van der Waals surface area contributed by atoms with Crippen LogP contribution in [0.2, 0.25) is 0 Å². The first-order valence-corrected chi connectivity index (χ1v) is 8.17. The quantitative estimate of drug-likeness (QED) is 0.513. The minimum absolute atomic E-state index is 0.167. The number of hydrogen-bond donors (Lipinski definition) is 0. The molecule has 0 amide bonds. The summed E-state index contributed by atoms with van der Waals surface area (Å²) in [6.45, 7) is 5.19. The van der Waals surface area contributed by atoms with Crippen molar-refractivity contribution in [3.8, 4) is 5.75 Å². The van der Waals surface area contributed by atoms with Crippen LogP contribution in [0.4, 0.5) is 0 Å². The summed E-state index contributed by atoms with van der Waals surface area (Å²) in [5, 5.41) is 0. The third-order valence-corrected chi connectivity index (χ3v) is 4.33. The maximum atomic E-state index is 12.2. The summed E-state index contributed by atoms with van der Waals surface area (Å²) in [5.74, 6) is 0.340. The van der Waals surface area contributed by atoms with Gasteiger partial charge in [-0.1, -0.05) is 0 Å². The molecule has 7 heteroatoms. The lowest BCUT2D eigenvalue weighted by Gasteiger charge is -2.20. The third kappa shape index (κ3) is 5.25. The van der Waals surface area contributed by atoms with Gasteiger partial charge >= 0.3 is 7.82 Å². The fourth-order valence-corrected chi connectivity index (χ4v) is 2.96. The zero-order valence-corrected chi connectivity index (χ0v) is 13.6. The molecule has 1 aromatic rings. The predicted octanol–water partition coefficient (Wildman–Crippen LogP) is 3.46. The molecule has 1 rings (SSSR count). The van der Waals surface area contributed by atoms with E-state index in [0.29, 0.717) is 11.3 Å². The Bertz CT molecular complexity index is 489. The van der Waals surface area contributed by atoms with Crippen LogP contribution < -0.4 is 4.74 Å². The van der Waals surface area contributed by atoms with Crippen molar-refractivity contribution in [2.24, 2.45) is 0 Å². The Hall–Kier alpha value is -1.20. The highest BCUT2D eigenvalue weighted by Gasteiger charge is 2.31. The van der Waals surface area contributed by atoms with E-state index in [2.05, 4.69) is 0 Å². The fourth-order valence-electron chi connectivity index (χ4n) is 1.65. The van der Waals surface area contributed by atoms with Crippen LogP contribution in [0.15, 0.2) is 24.3 Å². The first-order chi connectivity index (χ1) is 9.95. The summed E-state index contributed by atoms with van der Waals surface area (Å²) in [5.41, 5.74) is 0.433. The minimum atomic E-state index is -3.71. The minimum Gasteiger partial charge on any atom is -0.497 e. The number of carbonyl (C=O) groups is 1. The van der Waals surface area contributed by atoms with Crippen molar-refractivity contribution in [3.63, 3.8) is 0 Å². The van der Waals surface area contributed by atoms with Crippen LogP contribution in [0.3, 0.4) is 0 Å². The second-order valence-corrected chi connectivity index (χ2v) is 5.74. The molecule has 1 atom stereocenters. The molecule has 0 N–H and O–H groups in total. The van der Waals surface area contributed by atoms with Crippen molar-refractivity contribution < 1.29 is 27.7 Å². The Labute approximate surface area is 125 Å². The van der Waals surface area contributed by atoms with Crippen LogP contribution in [0, 0.1) is 0 Å². The van der Waals surface area contributed by atoms with Gasteiger partial charge in [-0.15, -0.1) is 0 Å². The molecule has 0 spiro atoms. The van der Waals surface area contributed by atoms with E-state index in [1.807, 2.05) is 0 Å². The van der Waals surface area contributed by atoms with Crippen LogP contribution >= 0.6 is 7.82 Å². The van der Waals surface area contributed by atoms with Gasteiger partial charge in [-0.2, -0.15) is 0 Å². The van der Waals surface area contributed by atoms with E-state index in [0.717, 1.165) is 0 Å². The van der Waals surface area contributed by atoms with Crippen LogP contribution in [0.25, 0.3) is 0 Å². The summed E-state index contributed by atoms with van der Waals surface area (Å²) in [6, 6.07) is 6.58. The van der Waals surface area contributed by atoms with Gasteiger partial charge in [-0.25, -0.2) is 4.57 Å². The molecular formula is C14H21O6P. The average molecular weight is 316 g/mol. The zero-order valence-electron chi connectivity index (χ0n) is 12.7. The molecule has 0 aliphatic heterocycles. The zero-order chi connectivity index (χ0) is 15.9. The highest BCUT2D eigenvalue weighted by molar-refractivity contribution is 7.48. The Kier molecular flexibility index (Phi) is 7.05. The number of hydrogen-bond acceptors (Lipinski definition) is 6. The second kappa shape index (κ2) is 8.29. The van der Waals surface area contributed by atoms with Crippen molar-refractivity contribution in [2.45, 2.75) is 26.9 Å². The lowest BCUT2D eigenvalue weighted by Crippen LogP contribution is -2.21. The molecule has 0 aliphatic rings. The number of carbonyl (C=O) groups excluding carboxylic acids is 1. The van der Waals surface area contributed by atoms with Crippen LogP contribution in [0.1, 0.15) is 31.1 Å². The number of phosphoric acid groups is 1. The average Bonchev–Trinajstić information content (AvgIpc) is 2.46. The maximum absolute atomic E-state index is 12.2. The molecule has 1 unspecified atom stereocenters. The molecule has 0 saturated carbocycles. The number of ether oxygens (including phenoxy) is 1. The summed E-state index contributed by atoms with van der Waals surface area (Å²) < 4.78 is 32.5. The Balaban J connectivity index is 2.78. The Morgan fingerprint density at radius 2 is 1.67 bits per heavy atom. The summed E-state index contributed by atoms with van der Waals surface area (Å²) in [6.07, 6.45) is -0.942. The smallest absolute Gasteiger partial charge is 0.475 e. The maximum Gasteiger partial charge on any atom is 0.475 e. The molecule has 0 radical (unpaired) electrons. The van der Waals surface area contributed by atoms with Gasteiger partial charge in [0.15, 0.2) is 5.78 Å². The number of benzene rings is 1. The number of phosphoric ester groups is 1. The summed E-state index contributed by atoms with van der Waals surface area (Å²) >= 11 is 0. The second-order valence-electron chi connectivity index (χ2n) is 4.12. The molecule has 0 fully saturated rings. The van der Waals surface area contributed by atoms with Crippen LogP contribution in [-0.2, 0) is 18.1 Å². The topological polar surface area (TPSA) is 71.1 Å². The van der Waals surface area contributed by atoms with Gasteiger partial charge in [0.05, 0.1) is 20.3 Å². The van der Waals surface area contributed by atoms with Crippen LogP contribution in [-0.4, -0.2) is 32.2 Å². The molecule has 118 valence electrons. The first kappa shape index (κ1) is 17.9. The van der Waals surface area contributed by atoms with E-state index in [1.54, 1.807) is 45.2 Å². The number of rotatable bonds is 9. The lowest BCUT2D eigenvalue weighted by atomic mass is 10.1. The Morgan fingerprint density at radius 3 is 2.10 bits per heavy atom. The van der Waals surface area contributed by atoms with E-state index in [9.17, 15) is 9.36 Å². The summed E-state index contributed by atoms with van der Waals surface area (Å²) in [4.78, 5) is 12.2. The van der Waals surface area contributed by atoms with Crippen LogP contribution in [0.5, 0.6) is 5.75 Å². The number of Topliss-reactive ketones (excluding diaryl/α,β-unsaturated/α-hetero) is 1. The standard InChI is InChI=1S/C14H21O6P/c1-5-18-21(16,19-6-2)20-11(3)14(15)12-7-9-13(17-4)10-8-12/h7-11H,5-6H2,1-4H3. The normalized spacial score (nSPS) is 13.0. The third-order valence-electron chi connectivity index (χ3n) is 2.61. The molecule has 0 bridgehead atoms. The highest BCUT2D eigenvalue weighted by Crippen LogP contribution is 2.50. The highest BCUT2D eigenvalue weighted by atomic mass is 31.2. The molecule has 0 saturated heterocycles. The van der Waals surface area contributed by atoms with Gasteiger partial charge in [-0.05, 0) is 45.0 Å². The SMILES string of the molecule is CCOP(=O)(OCC)OC(C)C(=O)c1ccc(OC)cc1. The fraction of sp³-hybridized carbons (Fsp3) is 0.500. The molecule has 0 heterocycles. The van der Waals surface area contributed by atoms with Crippen molar-refractivity contribution >= 4 is 13.6 Å². The van der Waals surface area contributed by atoms with E-state index >= 15 is 0 Å². The van der Waals surface area contributed by atoms with Gasteiger partial charge in [0.25, 0.3) is 0 Å². The number of methoxy groups -OCH3 is 1. The van der Waals surface area contributed by atoms with Gasteiger partial charge in [0.2, 0.25) is 0 Å². The first-order valence-electron chi connectivity index (χ1n) is 6.71. The largest absolute Gasteiger partial charge is 0.497 e. The van der Waals surface area contributed by atoms with Crippen molar-refractivity contribution in [2.75, 3.05) is 20.3 Å². The van der Waals surface area contributed by atoms with Gasteiger partial charge in [-0.3, -0.25) is 18.4 Å². The predicted molar refractivity (Wildman–Crippen MR) is 78.7 cm³/mol. The van der Waals surface area contributed by atoms with Crippen molar-refractivity contribution in [1.82, 2.24) is 0 Å².